The van der Waals surface area contributed by atoms with E-state index in [2.05, 4.69) is 10.1 Å². The van der Waals surface area contributed by atoms with Crippen LogP contribution in [0.3, 0.4) is 0 Å². The molecule has 0 saturated heterocycles. The average Bonchev–Trinajstić information content (AvgIpc) is 2.90. The first kappa shape index (κ1) is 18.7. The minimum Gasteiger partial charge on any atom is -0.378 e. The lowest BCUT2D eigenvalue weighted by Crippen LogP contribution is -2.27. The van der Waals surface area contributed by atoms with Gasteiger partial charge in [0.1, 0.15) is 0 Å². The molecule has 1 N–H and O–H groups in total. The van der Waals surface area contributed by atoms with Gasteiger partial charge in [-0.25, -0.2) is 4.99 Å². The maximum absolute atomic E-state index is 12.7. The number of carbonyl (C=O) groups excluding carboxylic acids is 1. The minimum absolute atomic E-state index is 0.214. The van der Waals surface area contributed by atoms with Crippen LogP contribution < -0.4 is 9.91 Å². The largest absolute Gasteiger partial charge is 0.378 e. The molecule has 0 bridgehead atoms. The van der Waals surface area contributed by atoms with E-state index in [1.54, 1.807) is 6.92 Å². The molecule has 8 nitrogen and oxygen atoms in total. The number of hydrazone groups is 1. The van der Waals surface area contributed by atoms with E-state index < -0.39 is 16.0 Å². The van der Waals surface area contributed by atoms with Crippen molar-refractivity contribution in [3.63, 3.8) is 0 Å². The first-order valence-electron chi connectivity index (χ1n) is 8.00. The summed E-state index contributed by atoms with van der Waals surface area (Å²) in [4.78, 5) is 18.8. The van der Waals surface area contributed by atoms with Gasteiger partial charge < -0.3 is 4.90 Å². The molecule has 9 heteroatoms. The first-order valence-corrected chi connectivity index (χ1v) is 9.44. The van der Waals surface area contributed by atoms with Crippen LogP contribution in [0.2, 0.25) is 0 Å². The zero-order valence-electron chi connectivity index (χ0n) is 15.0. The number of nitrogens with zero attached hydrogens (tertiary/aromatic N) is 4. The highest BCUT2D eigenvalue weighted by Crippen LogP contribution is 2.24. The Morgan fingerprint density at radius 1 is 1.04 bits per heavy atom. The van der Waals surface area contributed by atoms with Crippen molar-refractivity contribution >= 4 is 44.5 Å². The van der Waals surface area contributed by atoms with E-state index >= 15 is 0 Å². The van der Waals surface area contributed by atoms with Crippen molar-refractivity contribution in [1.29, 1.82) is 0 Å². The van der Waals surface area contributed by atoms with Crippen LogP contribution in [-0.2, 0) is 14.9 Å². The van der Waals surface area contributed by atoms with E-state index in [4.69, 9.17) is 4.55 Å². The van der Waals surface area contributed by atoms with Gasteiger partial charge in [-0.2, -0.15) is 18.5 Å². The van der Waals surface area contributed by atoms with Crippen molar-refractivity contribution in [3.8, 4) is 0 Å². The molecule has 1 heterocycles. The van der Waals surface area contributed by atoms with Crippen molar-refractivity contribution in [1.82, 2.24) is 0 Å². The number of carbonyl (C=O) groups is 1. The third-order valence-electron chi connectivity index (χ3n) is 3.97. The van der Waals surface area contributed by atoms with Gasteiger partial charge in [0.15, 0.2) is 5.71 Å². The number of hydrogen-bond donors (Lipinski definition) is 1. The molecule has 0 aliphatic carbocycles. The normalized spacial score (nSPS) is 16.0. The smallest absolute Gasteiger partial charge is 0.299 e. The van der Waals surface area contributed by atoms with E-state index in [1.807, 2.05) is 43.3 Å². The average molecular weight is 386 g/mol. The Hall–Kier alpha value is -3.04. The van der Waals surface area contributed by atoms with Gasteiger partial charge in [0, 0.05) is 19.8 Å². The molecule has 2 aromatic rings. The molecule has 0 spiro atoms. The predicted molar refractivity (Wildman–Crippen MR) is 105 cm³/mol. The van der Waals surface area contributed by atoms with Gasteiger partial charge >= 0.3 is 0 Å². The molecule has 3 rings (SSSR count). The molecule has 27 heavy (non-hydrogen) atoms. The molecule has 2 aromatic carbocycles. The Balaban J connectivity index is 1.87. The van der Waals surface area contributed by atoms with Crippen molar-refractivity contribution < 1.29 is 17.8 Å². The van der Waals surface area contributed by atoms with Gasteiger partial charge in [0.2, 0.25) is 0 Å². The number of hydrogen-bond acceptors (Lipinski definition) is 6. The van der Waals surface area contributed by atoms with E-state index in [0.29, 0.717) is 17.1 Å². The standard InChI is InChI=1S/C18H18N4O4S/c1-12-17(19-13-4-6-14(7-5-13)21(2)3)18(23)22(20-12)15-8-10-16(11-9-15)27(24,25)26/h4-11H,1-3H3,(H,24,25,26). The number of rotatable bonds is 4. The third kappa shape index (κ3) is 3.88. The van der Waals surface area contributed by atoms with E-state index in [-0.39, 0.29) is 10.6 Å². The molecule has 1 amide bonds. The van der Waals surface area contributed by atoms with Crippen LogP contribution in [0.15, 0.2) is 63.5 Å². The van der Waals surface area contributed by atoms with Gasteiger partial charge in [0.25, 0.3) is 16.0 Å². The van der Waals surface area contributed by atoms with Gasteiger partial charge in [-0.15, -0.1) is 0 Å². The number of amides is 1. The van der Waals surface area contributed by atoms with Gasteiger partial charge in [-0.1, -0.05) is 0 Å². The zero-order chi connectivity index (χ0) is 19.8. The van der Waals surface area contributed by atoms with Gasteiger partial charge in [0.05, 0.1) is 22.0 Å². The van der Waals surface area contributed by atoms with Gasteiger partial charge in [-0.3, -0.25) is 9.35 Å². The lowest BCUT2D eigenvalue weighted by molar-refractivity contribution is -0.112. The molecule has 0 unspecified atom stereocenters. The Morgan fingerprint density at radius 2 is 1.63 bits per heavy atom. The summed E-state index contributed by atoms with van der Waals surface area (Å²) in [7, 11) is -0.427. The molecule has 0 fully saturated rings. The van der Waals surface area contributed by atoms with Crippen LogP contribution in [0.1, 0.15) is 6.92 Å². The third-order valence-corrected chi connectivity index (χ3v) is 4.84. The highest BCUT2D eigenvalue weighted by atomic mass is 32.2. The molecule has 0 radical (unpaired) electrons. The quantitative estimate of drug-likeness (QED) is 0.813. The fourth-order valence-electron chi connectivity index (χ4n) is 2.52. The highest BCUT2D eigenvalue weighted by Gasteiger charge is 2.30. The first-order chi connectivity index (χ1) is 12.7. The second kappa shape index (κ2) is 6.93. The summed E-state index contributed by atoms with van der Waals surface area (Å²) < 4.78 is 31.3. The summed E-state index contributed by atoms with van der Waals surface area (Å²) in [5.41, 5.74) is 2.69. The van der Waals surface area contributed by atoms with Gasteiger partial charge in [-0.05, 0) is 55.5 Å². The fraction of sp³-hybridized carbons (Fsp3) is 0.167. The molecule has 1 aliphatic rings. The molecular formula is C18H18N4O4S. The number of benzene rings is 2. The zero-order valence-corrected chi connectivity index (χ0v) is 15.8. The summed E-state index contributed by atoms with van der Waals surface area (Å²) in [5.74, 6) is -0.413. The van der Waals surface area contributed by atoms with Crippen LogP contribution in [0.25, 0.3) is 0 Å². The lowest BCUT2D eigenvalue weighted by Gasteiger charge is -2.12. The van der Waals surface area contributed by atoms with Crippen LogP contribution >= 0.6 is 0 Å². The van der Waals surface area contributed by atoms with Crippen LogP contribution in [0.4, 0.5) is 17.1 Å². The summed E-state index contributed by atoms with van der Waals surface area (Å²) in [5, 5.41) is 5.35. The fourth-order valence-corrected chi connectivity index (χ4v) is 3.00. The molecular weight excluding hydrogens is 368 g/mol. The van der Waals surface area contributed by atoms with Crippen molar-refractivity contribution in [2.24, 2.45) is 10.1 Å². The molecule has 0 saturated carbocycles. The molecule has 1 aliphatic heterocycles. The summed E-state index contributed by atoms with van der Waals surface area (Å²) >= 11 is 0. The Morgan fingerprint density at radius 3 is 2.15 bits per heavy atom. The van der Waals surface area contributed by atoms with Crippen molar-refractivity contribution in [3.05, 3.63) is 48.5 Å². The molecule has 0 aromatic heterocycles. The van der Waals surface area contributed by atoms with Crippen molar-refractivity contribution in [2.45, 2.75) is 11.8 Å². The number of anilines is 2. The second-order valence-corrected chi connectivity index (χ2v) is 7.56. The summed E-state index contributed by atoms with van der Waals surface area (Å²) in [6.07, 6.45) is 0. The van der Waals surface area contributed by atoms with E-state index in [0.717, 1.165) is 10.7 Å². The Labute approximate surface area is 157 Å². The van der Waals surface area contributed by atoms with Crippen LogP contribution in [0, 0.1) is 0 Å². The highest BCUT2D eigenvalue weighted by molar-refractivity contribution is 7.85. The second-order valence-electron chi connectivity index (χ2n) is 6.14. The van der Waals surface area contributed by atoms with E-state index in [1.165, 1.54) is 24.3 Å². The molecule has 0 atom stereocenters. The molecule has 140 valence electrons. The minimum atomic E-state index is -4.30. The van der Waals surface area contributed by atoms with Crippen molar-refractivity contribution in [2.75, 3.05) is 24.0 Å². The maximum atomic E-state index is 12.7. The predicted octanol–water partition coefficient (Wildman–Crippen LogP) is 2.49. The van der Waals surface area contributed by atoms with Crippen LogP contribution in [-0.4, -0.2) is 44.4 Å². The maximum Gasteiger partial charge on any atom is 0.299 e. The monoisotopic (exact) mass is 386 g/mol. The Bertz CT molecular complexity index is 1040. The summed E-state index contributed by atoms with van der Waals surface area (Å²) in [6.45, 7) is 1.68. The Kier molecular flexibility index (Phi) is 4.81. The van der Waals surface area contributed by atoms with Crippen LogP contribution in [0.5, 0.6) is 0 Å². The topological polar surface area (TPSA) is 103 Å². The van der Waals surface area contributed by atoms with E-state index in [9.17, 15) is 13.2 Å². The SMILES string of the molecule is CC1=NN(c2ccc(S(=O)(=O)O)cc2)C(=O)C1=Nc1ccc(N(C)C)cc1. The summed E-state index contributed by atoms with van der Waals surface area (Å²) in [6, 6.07) is 12.6. The number of aliphatic imine (C=N–C) groups is 1. The lowest BCUT2D eigenvalue weighted by atomic mass is 10.2.